The maximum atomic E-state index is 12.7. The number of benzene rings is 1. The molecular weight excluding hydrogens is 269 g/mol. The number of aliphatic imine (C=N–C) groups is 1. The lowest BCUT2D eigenvalue weighted by Crippen LogP contribution is -2.32. The van der Waals surface area contributed by atoms with Crippen molar-refractivity contribution < 1.29 is 17.9 Å². The van der Waals surface area contributed by atoms with Gasteiger partial charge in [0.1, 0.15) is 12.6 Å². The van der Waals surface area contributed by atoms with Crippen LogP contribution < -0.4 is 4.90 Å². The van der Waals surface area contributed by atoms with E-state index in [-0.39, 0.29) is 6.04 Å². The Labute approximate surface area is 116 Å². The summed E-state index contributed by atoms with van der Waals surface area (Å²) in [5, 5.41) is 0. The molecule has 0 saturated heterocycles. The van der Waals surface area contributed by atoms with E-state index in [1.165, 1.54) is 12.1 Å². The molecule has 0 fully saturated rings. The molecule has 1 heterocycles. The molecule has 0 saturated carbocycles. The van der Waals surface area contributed by atoms with Gasteiger partial charge in [-0.3, -0.25) is 0 Å². The maximum Gasteiger partial charge on any atom is 0.416 e. The summed E-state index contributed by atoms with van der Waals surface area (Å²) in [5.74, 6) is 0. The smallest absolute Gasteiger partial charge is 0.416 e. The van der Waals surface area contributed by atoms with Gasteiger partial charge in [0.2, 0.25) is 0 Å². The highest BCUT2D eigenvalue weighted by Crippen LogP contribution is 2.32. The van der Waals surface area contributed by atoms with Crippen molar-refractivity contribution in [1.82, 2.24) is 0 Å². The molecule has 0 aliphatic carbocycles. The molecule has 1 aromatic carbocycles. The predicted molar refractivity (Wildman–Crippen MR) is 71.2 cm³/mol. The molecule has 1 aliphatic rings. The van der Waals surface area contributed by atoms with Gasteiger partial charge in [-0.05, 0) is 37.6 Å². The zero-order valence-electron chi connectivity index (χ0n) is 11.4. The Morgan fingerprint density at radius 2 is 2.20 bits per heavy atom. The zero-order valence-corrected chi connectivity index (χ0v) is 11.4. The summed E-state index contributed by atoms with van der Waals surface area (Å²) in [5.41, 5.74) is 0.779. The average Bonchev–Trinajstić information content (AvgIpc) is 2.88. The van der Waals surface area contributed by atoms with Crippen LogP contribution in [0.5, 0.6) is 0 Å². The fourth-order valence-electron chi connectivity index (χ4n) is 2.21. The Hall–Kier alpha value is -1.72. The SMILES string of the molecule is CCN(CC1CO[C]=N1)c1ccc(C(F)(F)F)cc1C. The van der Waals surface area contributed by atoms with Crippen LogP contribution in [0.15, 0.2) is 23.2 Å². The van der Waals surface area contributed by atoms with Crippen LogP contribution in [0.25, 0.3) is 0 Å². The molecule has 20 heavy (non-hydrogen) atoms. The first-order valence-corrected chi connectivity index (χ1v) is 6.41. The molecule has 1 aliphatic heterocycles. The van der Waals surface area contributed by atoms with Gasteiger partial charge in [-0.15, -0.1) is 0 Å². The van der Waals surface area contributed by atoms with Crippen molar-refractivity contribution in [1.29, 1.82) is 0 Å². The van der Waals surface area contributed by atoms with Crippen molar-refractivity contribution in [3.63, 3.8) is 0 Å². The van der Waals surface area contributed by atoms with Crippen molar-refractivity contribution in [3.05, 3.63) is 29.3 Å². The van der Waals surface area contributed by atoms with E-state index < -0.39 is 11.7 Å². The van der Waals surface area contributed by atoms with Gasteiger partial charge in [0, 0.05) is 18.8 Å². The van der Waals surface area contributed by atoms with E-state index in [2.05, 4.69) is 11.4 Å². The summed E-state index contributed by atoms with van der Waals surface area (Å²) >= 11 is 0. The Bertz CT molecular complexity index is 500. The van der Waals surface area contributed by atoms with Crippen LogP contribution in [0.3, 0.4) is 0 Å². The van der Waals surface area contributed by atoms with Gasteiger partial charge in [0.05, 0.1) is 5.56 Å². The molecule has 1 aromatic rings. The van der Waals surface area contributed by atoms with Crippen molar-refractivity contribution >= 4 is 12.1 Å². The number of hydrogen-bond acceptors (Lipinski definition) is 3. The van der Waals surface area contributed by atoms with Crippen LogP contribution in [0.4, 0.5) is 18.9 Å². The fourth-order valence-corrected chi connectivity index (χ4v) is 2.21. The molecule has 0 aromatic heterocycles. The van der Waals surface area contributed by atoms with Crippen LogP contribution in [-0.2, 0) is 10.9 Å². The molecule has 2 rings (SSSR count). The Morgan fingerprint density at radius 1 is 1.45 bits per heavy atom. The van der Waals surface area contributed by atoms with Gasteiger partial charge >= 0.3 is 6.18 Å². The highest BCUT2D eigenvalue weighted by atomic mass is 19.4. The number of halogens is 3. The largest absolute Gasteiger partial charge is 0.472 e. The minimum Gasteiger partial charge on any atom is -0.472 e. The van der Waals surface area contributed by atoms with E-state index in [1.54, 1.807) is 6.92 Å². The highest BCUT2D eigenvalue weighted by molar-refractivity contribution is 5.55. The molecule has 0 N–H and O–H groups in total. The van der Waals surface area contributed by atoms with Crippen molar-refractivity contribution in [2.24, 2.45) is 4.99 Å². The van der Waals surface area contributed by atoms with Crippen molar-refractivity contribution in [2.75, 3.05) is 24.6 Å². The second kappa shape index (κ2) is 5.73. The van der Waals surface area contributed by atoms with Gasteiger partial charge < -0.3 is 9.64 Å². The quantitative estimate of drug-likeness (QED) is 0.849. The average molecular weight is 285 g/mol. The third-order valence-corrected chi connectivity index (χ3v) is 3.25. The molecule has 1 atom stereocenters. The minimum absolute atomic E-state index is 0.0170. The predicted octanol–water partition coefficient (Wildman–Crippen LogP) is 3.14. The van der Waals surface area contributed by atoms with E-state index in [9.17, 15) is 13.2 Å². The first-order chi connectivity index (χ1) is 9.41. The van der Waals surface area contributed by atoms with Crippen LogP contribution >= 0.6 is 0 Å². The summed E-state index contributed by atoms with van der Waals surface area (Å²) in [6.45, 7) is 5.41. The third kappa shape index (κ3) is 3.23. The van der Waals surface area contributed by atoms with Gasteiger partial charge in [0.25, 0.3) is 6.40 Å². The maximum absolute atomic E-state index is 12.7. The monoisotopic (exact) mass is 285 g/mol. The first kappa shape index (κ1) is 14.7. The molecular formula is C14H16F3N2O. The number of anilines is 1. The first-order valence-electron chi connectivity index (χ1n) is 6.41. The van der Waals surface area contributed by atoms with Crippen LogP contribution in [0, 0.1) is 6.92 Å². The van der Waals surface area contributed by atoms with E-state index in [1.807, 2.05) is 11.8 Å². The number of rotatable bonds is 4. The second-order valence-electron chi connectivity index (χ2n) is 4.72. The lowest BCUT2D eigenvalue weighted by Gasteiger charge is -2.27. The summed E-state index contributed by atoms with van der Waals surface area (Å²) in [4.78, 5) is 6.04. The fraction of sp³-hybridized carbons (Fsp3) is 0.500. The van der Waals surface area contributed by atoms with Crippen LogP contribution in [0.2, 0.25) is 0 Å². The number of likely N-dealkylation sites (N-methyl/N-ethyl adjacent to an activating group) is 1. The topological polar surface area (TPSA) is 24.8 Å². The Kier molecular flexibility index (Phi) is 4.20. The molecule has 1 unspecified atom stereocenters. The van der Waals surface area contributed by atoms with Crippen LogP contribution in [0.1, 0.15) is 18.1 Å². The second-order valence-corrected chi connectivity index (χ2v) is 4.72. The standard InChI is InChI=1S/C14H16F3N2O/c1-3-19(7-12-8-20-9-18-12)13-5-4-11(6-10(13)2)14(15,16)17/h4-6,12H,3,7-8H2,1-2H3. The van der Waals surface area contributed by atoms with Crippen molar-refractivity contribution in [3.8, 4) is 0 Å². The highest BCUT2D eigenvalue weighted by Gasteiger charge is 2.31. The summed E-state index contributed by atoms with van der Waals surface area (Å²) in [6.07, 6.45) is -1.86. The molecule has 0 bridgehead atoms. The third-order valence-electron chi connectivity index (χ3n) is 3.25. The molecule has 0 amide bonds. The van der Waals surface area contributed by atoms with E-state index in [4.69, 9.17) is 4.74 Å². The number of aryl methyl sites for hydroxylation is 1. The van der Waals surface area contributed by atoms with E-state index in [0.717, 1.165) is 11.8 Å². The van der Waals surface area contributed by atoms with Gasteiger partial charge in [-0.25, -0.2) is 4.99 Å². The lowest BCUT2D eigenvalue weighted by molar-refractivity contribution is -0.137. The summed E-state index contributed by atoms with van der Waals surface area (Å²) < 4.78 is 42.9. The molecule has 6 heteroatoms. The van der Waals surface area contributed by atoms with E-state index in [0.29, 0.717) is 25.3 Å². The van der Waals surface area contributed by atoms with E-state index >= 15 is 0 Å². The number of nitrogens with zero attached hydrogens (tertiary/aromatic N) is 2. The van der Waals surface area contributed by atoms with Crippen LogP contribution in [-0.4, -0.2) is 32.1 Å². The van der Waals surface area contributed by atoms with Gasteiger partial charge in [-0.2, -0.15) is 13.2 Å². The van der Waals surface area contributed by atoms with Gasteiger partial charge in [-0.1, -0.05) is 0 Å². The molecule has 109 valence electrons. The minimum atomic E-state index is -4.31. The molecule has 3 nitrogen and oxygen atoms in total. The normalized spacial score (nSPS) is 18.1. The zero-order chi connectivity index (χ0) is 14.8. The number of hydrogen-bond donors (Lipinski definition) is 0. The Balaban J connectivity index is 2.19. The molecule has 0 spiro atoms. The Morgan fingerprint density at radius 3 is 2.70 bits per heavy atom. The number of ether oxygens (including phenoxy) is 1. The van der Waals surface area contributed by atoms with Crippen molar-refractivity contribution in [2.45, 2.75) is 26.1 Å². The molecule has 1 radical (unpaired) electrons. The summed E-state index contributed by atoms with van der Waals surface area (Å²) in [7, 11) is 0. The van der Waals surface area contributed by atoms with Gasteiger partial charge in [0.15, 0.2) is 0 Å². The number of alkyl halides is 3. The summed E-state index contributed by atoms with van der Waals surface area (Å²) in [6, 6.07) is 3.80. The lowest BCUT2D eigenvalue weighted by atomic mass is 10.1.